The summed E-state index contributed by atoms with van der Waals surface area (Å²) in [4.78, 5) is 14.0. The molecule has 0 radical (unpaired) electrons. The molecular formula is C12H18Cl2N2O2. The highest BCUT2D eigenvalue weighted by atomic mass is 35.5. The van der Waals surface area contributed by atoms with Gasteiger partial charge in [-0.05, 0) is 42.5 Å². The molecule has 2 atom stereocenters. The van der Waals surface area contributed by atoms with Crippen LogP contribution in [0.2, 0.25) is 5.22 Å². The van der Waals surface area contributed by atoms with E-state index in [0.29, 0.717) is 18.2 Å². The average Bonchev–Trinajstić information content (AvgIpc) is 2.75. The van der Waals surface area contributed by atoms with Gasteiger partial charge in [-0.25, -0.2) is 0 Å². The number of carbonyl (C=O) groups excluding carboxylic acids is 1. The zero-order valence-corrected chi connectivity index (χ0v) is 11.8. The largest absolute Gasteiger partial charge is 0.440 e. The standard InChI is InChI=1S/C12H17ClN2O2.ClH/c1-8-4-5-15(9(6-8)7-14)12(16)10-2-3-11(13)17-10;/h2-3,8-9H,4-7,14H2,1H3;1H. The number of likely N-dealkylation sites (tertiary alicyclic amines) is 1. The summed E-state index contributed by atoms with van der Waals surface area (Å²) in [7, 11) is 0. The van der Waals surface area contributed by atoms with Gasteiger partial charge in [0.1, 0.15) is 0 Å². The second-order valence-electron chi connectivity index (χ2n) is 4.62. The Hall–Kier alpha value is -0.710. The Morgan fingerprint density at radius 3 is 2.89 bits per heavy atom. The Bertz CT molecular complexity index is 409. The number of carbonyl (C=O) groups is 1. The molecule has 0 bridgehead atoms. The predicted molar refractivity (Wildman–Crippen MR) is 73.2 cm³/mol. The number of piperidine rings is 1. The van der Waals surface area contributed by atoms with Crippen molar-refractivity contribution in [1.29, 1.82) is 0 Å². The molecule has 1 amide bonds. The number of halogens is 2. The van der Waals surface area contributed by atoms with Crippen molar-refractivity contribution in [3.8, 4) is 0 Å². The Morgan fingerprint density at radius 1 is 1.61 bits per heavy atom. The molecule has 2 N–H and O–H groups in total. The molecule has 4 nitrogen and oxygen atoms in total. The fourth-order valence-corrected chi connectivity index (χ4v) is 2.46. The van der Waals surface area contributed by atoms with E-state index in [4.69, 9.17) is 21.8 Å². The van der Waals surface area contributed by atoms with Gasteiger partial charge in [-0.3, -0.25) is 4.79 Å². The lowest BCUT2D eigenvalue weighted by Gasteiger charge is -2.37. The number of nitrogens with two attached hydrogens (primary N) is 1. The Kier molecular flexibility index (Phi) is 5.50. The summed E-state index contributed by atoms with van der Waals surface area (Å²) in [5, 5.41) is 0.239. The molecule has 0 aromatic carbocycles. The van der Waals surface area contributed by atoms with Gasteiger partial charge < -0.3 is 15.1 Å². The van der Waals surface area contributed by atoms with Gasteiger partial charge in [-0.1, -0.05) is 6.92 Å². The minimum absolute atomic E-state index is 0. The highest BCUT2D eigenvalue weighted by Gasteiger charge is 2.30. The minimum atomic E-state index is -0.112. The summed E-state index contributed by atoms with van der Waals surface area (Å²) in [5.41, 5.74) is 5.73. The molecule has 1 aliphatic rings. The molecule has 1 saturated heterocycles. The van der Waals surface area contributed by atoms with Crippen molar-refractivity contribution in [3.05, 3.63) is 23.1 Å². The molecule has 2 heterocycles. The molecular weight excluding hydrogens is 275 g/mol. The Balaban J connectivity index is 0.00000162. The van der Waals surface area contributed by atoms with Crippen LogP contribution in [0.15, 0.2) is 16.5 Å². The third-order valence-electron chi connectivity index (χ3n) is 3.29. The van der Waals surface area contributed by atoms with Crippen molar-refractivity contribution in [3.63, 3.8) is 0 Å². The quantitative estimate of drug-likeness (QED) is 0.911. The van der Waals surface area contributed by atoms with Crippen molar-refractivity contribution in [2.24, 2.45) is 11.7 Å². The number of nitrogens with zero attached hydrogens (tertiary/aromatic N) is 1. The van der Waals surface area contributed by atoms with Gasteiger partial charge in [0.05, 0.1) is 0 Å². The van der Waals surface area contributed by atoms with Crippen LogP contribution < -0.4 is 5.73 Å². The van der Waals surface area contributed by atoms with Crippen LogP contribution in [0.25, 0.3) is 0 Å². The smallest absolute Gasteiger partial charge is 0.289 e. The second kappa shape index (κ2) is 6.45. The van der Waals surface area contributed by atoms with E-state index in [2.05, 4.69) is 6.92 Å². The summed E-state index contributed by atoms with van der Waals surface area (Å²) in [5.74, 6) is 0.801. The first-order valence-corrected chi connectivity index (χ1v) is 6.26. The van der Waals surface area contributed by atoms with Gasteiger partial charge in [0.2, 0.25) is 0 Å². The van der Waals surface area contributed by atoms with E-state index in [-0.39, 0.29) is 29.6 Å². The number of hydrogen-bond donors (Lipinski definition) is 1. The average molecular weight is 293 g/mol. The van der Waals surface area contributed by atoms with E-state index in [1.165, 1.54) is 0 Å². The fourth-order valence-electron chi connectivity index (χ4n) is 2.31. The summed E-state index contributed by atoms with van der Waals surface area (Å²) in [6, 6.07) is 3.30. The van der Waals surface area contributed by atoms with E-state index >= 15 is 0 Å². The first kappa shape index (κ1) is 15.3. The normalized spacial score (nSPS) is 23.6. The Labute approximate surface area is 118 Å². The van der Waals surface area contributed by atoms with Gasteiger partial charge >= 0.3 is 0 Å². The molecule has 0 saturated carbocycles. The van der Waals surface area contributed by atoms with Crippen molar-refractivity contribution in [2.75, 3.05) is 13.1 Å². The number of hydrogen-bond acceptors (Lipinski definition) is 3. The lowest BCUT2D eigenvalue weighted by Crippen LogP contribution is -2.49. The van der Waals surface area contributed by atoms with E-state index in [9.17, 15) is 4.79 Å². The zero-order valence-electron chi connectivity index (χ0n) is 10.3. The van der Waals surface area contributed by atoms with E-state index in [1.54, 1.807) is 17.0 Å². The van der Waals surface area contributed by atoms with Crippen molar-refractivity contribution >= 4 is 29.9 Å². The molecule has 102 valence electrons. The summed E-state index contributed by atoms with van der Waals surface area (Å²) < 4.78 is 5.15. The summed E-state index contributed by atoms with van der Waals surface area (Å²) >= 11 is 5.67. The highest BCUT2D eigenvalue weighted by molar-refractivity contribution is 6.29. The molecule has 1 fully saturated rings. The molecule has 1 aliphatic heterocycles. The molecule has 0 aliphatic carbocycles. The first-order valence-electron chi connectivity index (χ1n) is 5.88. The van der Waals surface area contributed by atoms with Crippen molar-refractivity contribution in [1.82, 2.24) is 4.90 Å². The lowest BCUT2D eigenvalue weighted by atomic mass is 9.92. The van der Waals surface area contributed by atoms with Crippen LogP contribution in [0.3, 0.4) is 0 Å². The van der Waals surface area contributed by atoms with E-state index in [0.717, 1.165) is 19.4 Å². The van der Waals surface area contributed by atoms with Gasteiger partial charge in [0, 0.05) is 19.1 Å². The number of amides is 1. The molecule has 6 heteroatoms. The van der Waals surface area contributed by atoms with Gasteiger partial charge in [0.25, 0.3) is 5.91 Å². The monoisotopic (exact) mass is 292 g/mol. The summed E-state index contributed by atoms with van der Waals surface area (Å²) in [6.45, 7) is 3.42. The van der Waals surface area contributed by atoms with Crippen LogP contribution in [0, 0.1) is 5.92 Å². The minimum Gasteiger partial charge on any atom is -0.440 e. The van der Waals surface area contributed by atoms with Crippen LogP contribution in [-0.2, 0) is 0 Å². The van der Waals surface area contributed by atoms with Crippen LogP contribution in [-0.4, -0.2) is 29.9 Å². The van der Waals surface area contributed by atoms with Crippen LogP contribution in [0.4, 0.5) is 0 Å². The molecule has 1 aromatic rings. The van der Waals surface area contributed by atoms with Crippen LogP contribution >= 0.6 is 24.0 Å². The predicted octanol–water partition coefficient (Wildman–Crippen LogP) is 2.55. The number of rotatable bonds is 2. The molecule has 0 spiro atoms. The SMILES string of the molecule is CC1CCN(C(=O)c2ccc(Cl)o2)C(CN)C1.Cl. The fraction of sp³-hybridized carbons (Fsp3) is 0.583. The van der Waals surface area contributed by atoms with Crippen LogP contribution in [0.1, 0.15) is 30.3 Å². The maximum Gasteiger partial charge on any atom is 0.289 e. The highest BCUT2D eigenvalue weighted by Crippen LogP contribution is 2.24. The molecule has 2 unspecified atom stereocenters. The third-order valence-corrected chi connectivity index (χ3v) is 3.50. The lowest BCUT2D eigenvalue weighted by molar-refractivity contribution is 0.0542. The molecule has 18 heavy (non-hydrogen) atoms. The molecule has 2 rings (SSSR count). The Morgan fingerprint density at radius 2 is 2.33 bits per heavy atom. The van der Waals surface area contributed by atoms with Crippen molar-refractivity contribution < 1.29 is 9.21 Å². The van der Waals surface area contributed by atoms with E-state index < -0.39 is 0 Å². The number of furan rings is 1. The maximum absolute atomic E-state index is 12.2. The molecule has 1 aromatic heterocycles. The van der Waals surface area contributed by atoms with Gasteiger partial charge in [0.15, 0.2) is 11.0 Å². The van der Waals surface area contributed by atoms with Crippen molar-refractivity contribution in [2.45, 2.75) is 25.8 Å². The summed E-state index contributed by atoms with van der Waals surface area (Å²) in [6.07, 6.45) is 1.97. The maximum atomic E-state index is 12.2. The van der Waals surface area contributed by atoms with E-state index in [1.807, 2.05) is 0 Å². The van der Waals surface area contributed by atoms with Gasteiger partial charge in [-0.15, -0.1) is 12.4 Å². The third kappa shape index (κ3) is 3.19. The first-order chi connectivity index (χ1) is 8.11. The zero-order chi connectivity index (χ0) is 12.4. The topological polar surface area (TPSA) is 59.5 Å². The van der Waals surface area contributed by atoms with Crippen LogP contribution in [0.5, 0.6) is 0 Å². The second-order valence-corrected chi connectivity index (χ2v) is 4.99. The van der Waals surface area contributed by atoms with Gasteiger partial charge in [-0.2, -0.15) is 0 Å².